The predicted octanol–water partition coefficient (Wildman–Crippen LogP) is 11.3. The van der Waals surface area contributed by atoms with Crippen LogP contribution in [0.1, 0.15) is 200 Å². The largest absolute Gasteiger partial charge is 0.462 e. The molecular weight excluding hydrogens is 536 g/mol. The van der Waals surface area contributed by atoms with Gasteiger partial charge in [-0.2, -0.15) is 0 Å². The topological polar surface area (TPSA) is 72.8 Å². The van der Waals surface area contributed by atoms with E-state index in [1.54, 1.807) is 0 Å². The van der Waals surface area contributed by atoms with E-state index in [0.29, 0.717) is 12.8 Å². The van der Waals surface area contributed by atoms with Gasteiger partial charge < -0.3 is 14.6 Å². The normalized spacial score (nSPS) is 12.2. The second-order valence-corrected chi connectivity index (χ2v) is 12.7. The summed E-state index contributed by atoms with van der Waals surface area (Å²) < 4.78 is 10.5. The van der Waals surface area contributed by atoms with Crippen LogP contribution < -0.4 is 0 Å². The molecule has 1 N–H and O–H groups in total. The molecule has 0 spiro atoms. The zero-order valence-corrected chi connectivity index (χ0v) is 28.7. The summed E-state index contributed by atoms with van der Waals surface area (Å²) in [5, 5.41) is 9.47. The molecule has 5 heteroatoms. The first kappa shape index (κ1) is 41.6. The van der Waals surface area contributed by atoms with Crippen molar-refractivity contribution in [2.75, 3.05) is 13.2 Å². The Hall–Kier alpha value is -1.36. The lowest BCUT2D eigenvalue weighted by Gasteiger charge is -2.15. The maximum Gasteiger partial charge on any atom is 0.306 e. The first-order valence-corrected chi connectivity index (χ1v) is 18.7. The van der Waals surface area contributed by atoms with Gasteiger partial charge in [-0.3, -0.25) is 9.59 Å². The van der Waals surface area contributed by atoms with Gasteiger partial charge in [0, 0.05) is 12.8 Å². The molecule has 0 aliphatic carbocycles. The van der Waals surface area contributed by atoms with Gasteiger partial charge in [-0.05, 0) is 38.5 Å². The average Bonchev–Trinajstić information content (AvgIpc) is 3.01. The predicted molar refractivity (Wildman–Crippen MR) is 182 cm³/mol. The summed E-state index contributed by atoms with van der Waals surface area (Å²) >= 11 is 0. The molecule has 0 aromatic carbocycles. The van der Waals surface area contributed by atoms with Crippen molar-refractivity contribution < 1.29 is 24.2 Å². The molecule has 0 saturated carbocycles. The van der Waals surface area contributed by atoms with Crippen molar-refractivity contribution in [2.24, 2.45) is 0 Å². The van der Waals surface area contributed by atoms with Crippen molar-refractivity contribution in [2.45, 2.75) is 206 Å². The summed E-state index contributed by atoms with van der Waals surface area (Å²) in [6.07, 6.45) is 38.7. The fourth-order valence-electron chi connectivity index (χ4n) is 5.43. The Kier molecular flexibility index (Phi) is 34.0. The van der Waals surface area contributed by atoms with Crippen LogP contribution in [0.25, 0.3) is 0 Å². The molecule has 0 rings (SSSR count). The second kappa shape index (κ2) is 35.1. The highest BCUT2D eigenvalue weighted by molar-refractivity contribution is 5.70. The van der Waals surface area contributed by atoms with Crippen molar-refractivity contribution in [1.82, 2.24) is 0 Å². The lowest BCUT2D eigenvalue weighted by molar-refractivity contribution is -0.161. The van der Waals surface area contributed by atoms with E-state index in [9.17, 15) is 14.7 Å². The highest BCUT2D eigenvalue weighted by Gasteiger charge is 2.16. The average molecular weight is 609 g/mol. The zero-order valence-electron chi connectivity index (χ0n) is 28.7. The van der Waals surface area contributed by atoms with Gasteiger partial charge in [-0.25, -0.2) is 0 Å². The van der Waals surface area contributed by atoms with E-state index in [1.807, 2.05) is 0 Å². The fraction of sp³-hybridized carbons (Fsp3) is 0.895. The number of allylic oxidation sites excluding steroid dienone is 2. The van der Waals surface area contributed by atoms with Gasteiger partial charge in [-0.1, -0.05) is 161 Å². The zero-order chi connectivity index (χ0) is 31.5. The number of carbonyl (C=O) groups excluding carboxylic acids is 2. The van der Waals surface area contributed by atoms with Crippen LogP contribution in [-0.4, -0.2) is 36.4 Å². The minimum absolute atomic E-state index is 0.0621. The third-order valence-electron chi connectivity index (χ3n) is 8.31. The summed E-state index contributed by atoms with van der Waals surface area (Å²) in [6, 6.07) is 0. The van der Waals surface area contributed by atoms with Crippen LogP contribution in [0, 0.1) is 0 Å². The van der Waals surface area contributed by atoms with Crippen molar-refractivity contribution >= 4 is 11.9 Å². The summed E-state index contributed by atoms with van der Waals surface area (Å²) in [5.74, 6) is -0.595. The second-order valence-electron chi connectivity index (χ2n) is 12.7. The number of ether oxygens (including phenoxy) is 2. The maximum atomic E-state index is 12.1. The molecule has 0 heterocycles. The highest BCUT2D eigenvalue weighted by atomic mass is 16.6. The van der Waals surface area contributed by atoms with Gasteiger partial charge in [0.1, 0.15) is 6.61 Å². The highest BCUT2D eigenvalue weighted by Crippen LogP contribution is 2.14. The first-order valence-electron chi connectivity index (χ1n) is 18.7. The van der Waals surface area contributed by atoms with E-state index in [-0.39, 0.29) is 25.2 Å². The summed E-state index contributed by atoms with van der Waals surface area (Å²) in [5.41, 5.74) is 0. The van der Waals surface area contributed by atoms with Crippen LogP contribution in [0.2, 0.25) is 0 Å². The molecule has 0 fully saturated rings. The van der Waals surface area contributed by atoms with Gasteiger partial charge in [0.15, 0.2) is 6.10 Å². The molecule has 0 saturated heterocycles. The van der Waals surface area contributed by atoms with Gasteiger partial charge >= 0.3 is 11.9 Å². The summed E-state index contributed by atoms with van der Waals surface area (Å²) in [4.78, 5) is 24.0. The Morgan fingerprint density at radius 1 is 0.512 bits per heavy atom. The smallest absolute Gasteiger partial charge is 0.306 e. The van der Waals surface area contributed by atoms with Gasteiger partial charge in [0.05, 0.1) is 6.61 Å². The summed E-state index contributed by atoms with van der Waals surface area (Å²) in [6.45, 7) is 4.08. The number of rotatable bonds is 34. The SMILES string of the molecule is CCCCCCCCCC/C=C\CCCCCCCCCCCCCC(=O)OC(CO)COC(=O)CCCCCCCC. The van der Waals surface area contributed by atoms with Gasteiger partial charge in [0.2, 0.25) is 0 Å². The quantitative estimate of drug-likeness (QED) is 0.0447. The van der Waals surface area contributed by atoms with E-state index in [1.165, 1.54) is 135 Å². The molecule has 0 bridgehead atoms. The Labute approximate surface area is 267 Å². The van der Waals surface area contributed by atoms with Crippen LogP contribution in [0.15, 0.2) is 12.2 Å². The molecule has 43 heavy (non-hydrogen) atoms. The van der Waals surface area contributed by atoms with E-state index in [4.69, 9.17) is 9.47 Å². The Balaban J connectivity index is 3.44. The number of unbranched alkanes of at least 4 members (excludes halogenated alkanes) is 24. The van der Waals surface area contributed by atoms with Crippen molar-refractivity contribution in [3.63, 3.8) is 0 Å². The molecule has 1 unspecified atom stereocenters. The van der Waals surface area contributed by atoms with Crippen LogP contribution in [0.5, 0.6) is 0 Å². The molecule has 0 radical (unpaired) electrons. The lowest BCUT2D eigenvalue weighted by Crippen LogP contribution is -2.28. The van der Waals surface area contributed by atoms with E-state index < -0.39 is 6.10 Å². The van der Waals surface area contributed by atoms with E-state index in [0.717, 1.165) is 38.5 Å². The third kappa shape index (κ3) is 33.4. The number of esters is 2. The molecule has 254 valence electrons. The van der Waals surface area contributed by atoms with Crippen molar-refractivity contribution in [1.29, 1.82) is 0 Å². The molecule has 0 amide bonds. The molecule has 0 aliphatic heterocycles. The summed E-state index contributed by atoms with van der Waals surface area (Å²) in [7, 11) is 0. The van der Waals surface area contributed by atoms with Crippen LogP contribution in [0.3, 0.4) is 0 Å². The number of carbonyl (C=O) groups is 2. The molecule has 5 nitrogen and oxygen atoms in total. The molecule has 0 aromatic rings. The lowest BCUT2D eigenvalue weighted by atomic mass is 10.0. The third-order valence-corrected chi connectivity index (χ3v) is 8.31. The number of aliphatic hydroxyl groups excluding tert-OH is 1. The fourth-order valence-corrected chi connectivity index (χ4v) is 5.43. The molecule has 0 aliphatic rings. The van der Waals surface area contributed by atoms with Gasteiger partial charge in [-0.15, -0.1) is 0 Å². The van der Waals surface area contributed by atoms with Crippen LogP contribution in [0.4, 0.5) is 0 Å². The monoisotopic (exact) mass is 609 g/mol. The standard InChI is InChI=1S/C38H72O5/c1-3-5-7-9-11-12-13-14-15-16-17-18-19-20-21-22-23-24-25-26-27-29-31-33-38(41)43-36(34-39)35-42-37(40)32-30-28-10-8-6-4-2/h16-17,36,39H,3-15,18-35H2,1-2H3/b17-16-. The Bertz CT molecular complexity index is 617. The Morgan fingerprint density at radius 2 is 0.860 bits per heavy atom. The minimum Gasteiger partial charge on any atom is -0.462 e. The number of hydrogen-bond acceptors (Lipinski definition) is 5. The maximum absolute atomic E-state index is 12.1. The number of aliphatic hydroxyl groups is 1. The van der Waals surface area contributed by atoms with Crippen molar-refractivity contribution in [3.8, 4) is 0 Å². The first-order chi connectivity index (χ1) is 21.1. The Morgan fingerprint density at radius 3 is 1.26 bits per heavy atom. The number of hydrogen-bond donors (Lipinski definition) is 1. The molecule has 0 aromatic heterocycles. The van der Waals surface area contributed by atoms with Crippen molar-refractivity contribution in [3.05, 3.63) is 12.2 Å². The molecule has 1 atom stereocenters. The molecular formula is C38H72O5. The van der Waals surface area contributed by atoms with Crippen LogP contribution >= 0.6 is 0 Å². The minimum atomic E-state index is -0.762. The van der Waals surface area contributed by atoms with Crippen LogP contribution in [-0.2, 0) is 19.1 Å². The van der Waals surface area contributed by atoms with E-state index >= 15 is 0 Å². The van der Waals surface area contributed by atoms with E-state index in [2.05, 4.69) is 26.0 Å². The van der Waals surface area contributed by atoms with Gasteiger partial charge in [0.25, 0.3) is 0 Å².